The minimum Gasteiger partial charge on any atom is -0.480 e. The second kappa shape index (κ2) is 6.51. The number of carboxylic acids is 3. The first-order valence-corrected chi connectivity index (χ1v) is 6.30. The van der Waals surface area contributed by atoms with Gasteiger partial charge in [-0.05, 0) is 12.8 Å². The SMILES string of the molecule is O=C(O)CN(CC(=O)O)C1(C(=O)O)CCCCCC1. The van der Waals surface area contributed by atoms with Gasteiger partial charge >= 0.3 is 17.9 Å². The maximum absolute atomic E-state index is 11.6. The van der Waals surface area contributed by atoms with Crippen LogP contribution >= 0.6 is 0 Å². The topological polar surface area (TPSA) is 115 Å². The zero-order chi connectivity index (χ0) is 14.5. The third-order valence-electron chi connectivity index (χ3n) is 3.59. The van der Waals surface area contributed by atoms with Crippen molar-refractivity contribution in [2.75, 3.05) is 13.1 Å². The van der Waals surface area contributed by atoms with Crippen LogP contribution in [0.4, 0.5) is 0 Å². The van der Waals surface area contributed by atoms with Crippen molar-refractivity contribution in [1.82, 2.24) is 4.90 Å². The lowest BCUT2D eigenvalue weighted by molar-refractivity contribution is -0.158. The Bertz CT molecular complexity index is 343. The van der Waals surface area contributed by atoms with Gasteiger partial charge in [-0.15, -0.1) is 0 Å². The molecule has 7 heteroatoms. The van der Waals surface area contributed by atoms with Gasteiger partial charge in [-0.3, -0.25) is 19.3 Å². The average Bonchev–Trinajstić information content (AvgIpc) is 2.52. The largest absolute Gasteiger partial charge is 0.480 e. The van der Waals surface area contributed by atoms with E-state index in [9.17, 15) is 19.5 Å². The molecule has 0 aromatic heterocycles. The molecule has 0 saturated heterocycles. The van der Waals surface area contributed by atoms with Crippen LogP contribution in [0.15, 0.2) is 0 Å². The van der Waals surface area contributed by atoms with E-state index in [4.69, 9.17) is 10.2 Å². The van der Waals surface area contributed by atoms with Crippen LogP contribution in [0.2, 0.25) is 0 Å². The van der Waals surface area contributed by atoms with Gasteiger partial charge in [0, 0.05) is 0 Å². The van der Waals surface area contributed by atoms with E-state index in [1.54, 1.807) is 0 Å². The molecule has 0 aromatic rings. The van der Waals surface area contributed by atoms with Crippen molar-refractivity contribution in [1.29, 1.82) is 0 Å². The molecule has 108 valence electrons. The minimum absolute atomic E-state index is 0.295. The summed E-state index contributed by atoms with van der Waals surface area (Å²) < 4.78 is 0. The van der Waals surface area contributed by atoms with E-state index >= 15 is 0 Å². The summed E-state index contributed by atoms with van der Waals surface area (Å²) in [6.45, 7) is -1.14. The monoisotopic (exact) mass is 273 g/mol. The number of nitrogens with zero attached hydrogens (tertiary/aromatic N) is 1. The molecule has 1 aliphatic carbocycles. The van der Waals surface area contributed by atoms with E-state index in [1.165, 1.54) is 0 Å². The second-order valence-electron chi connectivity index (χ2n) is 4.89. The molecule has 0 unspecified atom stereocenters. The fourth-order valence-corrected chi connectivity index (χ4v) is 2.66. The van der Waals surface area contributed by atoms with E-state index in [-0.39, 0.29) is 0 Å². The Morgan fingerprint density at radius 1 is 0.842 bits per heavy atom. The van der Waals surface area contributed by atoms with Crippen LogP contribution < -0.4 is 0 Å². The van der Waals surface area contributed by atoms with Crippen LogP contribution in [0.5, 0.6) is 0 Å². The Balaban J connectivity index is 3.04. The number of carboxylic acid groups (broad SMARTS) is 3. The molecule has 0 spiro atoms. The molecular formula is C12H19NO6. The summed E-state index contributed by atoms with van der Waals surface area (Å²) in [4.78, 5) is 34.4. The third-order valence-corrected chi connectivity index (χ3v) is 3.59. The zero-order valence-corrected chi connectivity index (χ0v) is 10.7. The lowest BCUT2D eigenvalue weighted by Crippen LogP contribution is -2.57. The molecule has 3 N–H and O–H groups in total. The molecular weight excluding hydrogens is 254 g/mol. The van der Waals surface area contributed by atoms with E-state index < -0.39 is 36.5 Å². The maximum Gasteiger partial charge on any atom is 0.324 e. The van der Waals surface area contributed by atoms with Crippen molar-refractivity contribution < 1.29 is 29.7 Å². The molecule has 1 fully saturated rings. The first-order valence-electron chi connectivity index (χ1n) is 6.30. The molecule has 0 atom stereocenters. The van der Waals surface area contributed by atoms with Crippen molar-refractivity contribution >= 4 is 17.9 Å². The van der Waals surface area contributed by atoms with Gasteiger partial charge < -0.3 is 15.3 Å². The number of aliphatic carboxylic acids is 3. The van der Waals surface area contributed by atoms with Crippen LogP contribution in [0, 0.1) is 0 Å². The number of rotatable bonds is 6. The van der Waals surface area contributed by atoms with E-state index in [0.29, 0.717) is 25.7 Å². The molecule has 0 heterocycles. The smallest absolute Gasteiger partial charge is 0.324 e. The van der Waals surface area contributed by atoms with Crippen molar-refractivity contribution in [3.63, 3.8) is 0 Å². The summed E-state index contributed by atoms with van der Waals surface area (Å²) in [5.74, 6) is -3.56. The van der Waals surface area contributed by atoms with Gasteiger partial charge in [0.1, 0.15) is 5.54 Å². The van der Waals surface area contributed by atoms with Crippen molar-refractivity contribution in [3.05, 3.63) is 0 Å². The van der Waals surface area contributed by atoms with Gasteiger partial charge in [0.25, 0.3) is 0 Å². The first-order chi connectivity index (χ1) is 8.88. The highest BCUT2D eigenvalue weighted by Gasteiger charge is 2.45. The quantitative estimate of drug-likeness (QED) is 0.608. The van der Waals surface area contributed by atoms with Gasteiger partial charge in [0.05, 0.1) is 13.1 Å². The Morgan fingerprint density at radius 3 is 1.58 bits per heavy atom. The summed E-state index contributed by atoms with van der Waals surface area (Å²) >= 11 is 0. The average molecular weight is 273 g/mol. The summed E-state index contributed by atoms with van der Waals surface area (Å²) in [5.41, 5.74) is -1.37. The highest BCUT2D eigenvalue weighted by atomic mass is 16.4. The van der Waals surface area contributed by atoms with Crippen LogP contribution in [-0.4, -0.2) is 56.8 Å². The molecule has 0 aromatic carbocycles. The fraction of sp³-hybridized carbons (Fsp3) is 0.750. The normalized spacial score (nSPS) is 18.8. The summed E-state index contributed by atoms with van der Waals surface area (Å²) in [5, 5.41) is 27.2. The van der Waals surface area contributed by atoms with Crippen molar-refractivity contribution in [2.45, 2.75) is 44.1 Å². The Hall–Kier alpha value is -1.63. The van der Waals surface area contributed by atoms with E-state index in [1.807, 2.05) is 0 Å². The second-order valence-corrected chi connectivity index (χ2v) is 4.89. The third kappa shape index (κ3) is 3.92. The summed E-state index contributed by atoms with van der Waals surface area (Å²) in [6.07, 6.45) is 3.71. The predicted octanol–water partition coefficient (Wildman–Crippen LogP) is 0.635. The Labute approximate surface area is 110 Å². The molecule has 0 amide bonds. The number of hydrogen-bond donors (Lipinski definition) is 3. The van der Waals surface area contributed by atoms with Gasteiger partial charge in [0.15, 0.2) is 0 Å². The van der Waals surface area contributed by atoms with E-state index in [2.05, 4.69) is 0 Å². The summed E-state index contributed by atoms with van der Waals surface area (Å²) in [6, 6.07) is 0. The highest BCUT2D eigenvalue weighted by molar-refractivity contribution is 5.82. The number of carbonyl (C=O) groups is 3. The van der Waals surface area contributed by atoms with Crippen molar-refractivity contribution in [2.24, 2.45) is 0 Å². The van der Waals surface area contributed by atoms with Gasteiger partial charge in [0.2, 0.25) is 0 Å². The van der Waals surface area contributed by atoms with Gasteiger partial charge in [-0.1, -0.05) is 25.7 Å². The van der Waals surface area contributed by atoms with Gasteiger partial charge in [-0.2, -0.15) is 0 Å². The lowest BCUT2D eigenvalue weighted by Gasteiger charge is -2.38. The lowest BCUT2D eigenvalue weighted by atomic mass is 9.88. The van der Waals surface area contributed by atoms with Crippen molar-refractivity contribution in [3.8, 4) is 0 Å². The van der Waals surface area contributed by atoms with Crippen LogP contribution in [0.25, 0.3) is 0 Å². The molecule has 1 rings (SSSR count). The molecule has 1 saturated carbocycles. The standard InChI is InChI=1S/C12H19NO6/c14-9(15)7-13(8-10(16)17)12(11(18)19)5-3-1-2-4-6-12/h1-8H2,(H,14,15)(H,16,17)(H,18,19). The summed E-state index contributed by atoms with van der Waals surface area (Å²) in [7, 11) is 0. The van der Waals surface area contributed by atoms with Crippen LogP contribution in [0.1, 0.15) is 38.5 Å². The molecule has 0 bridgehead atoms. The minimum atomic E-state index is -1.37. The molecule has 1 aliphatic rings. The van der Waals surface area contributed by atoms with Crippen LogP contribution in [-0.2, 0) is 14.4 Å². The fourth-order valence-electron chi connectivity index (χ4n) is 2.66. The molecule has 19 heavy (non-hydrogen) atoms. The van der Waals surface area contributed by atoms with Gasteiger partial charge in [-0.25, -0.2) is 0 Å². The molecule has 0 aliphatic heterocycles. The number of hydrogen-bond acceptors (Lipinski definition) is 4. The maximum atomic E-state index is 11.6. The van der Waals surface area contributed by atoms with Crippen LogP contribution in [0.3, 0.4) is 0 Å². The Kier molecular flexibility index (Phi) is 5.29. The predicted molar refractivity (Wildman–Crippen MR) is 64.9 cm³/mol. The Morgan fingerprint density at radius 2 is 1.26 bits per heavy atom. The van der Waals surface area contributed by atoms with E-state index in [0.717, 1.165) is 17.7 Å². The zero-order valence-electron chi connectivity index (χ0n) is 10.7. The highest BCUT2D eigenvalue weighted by Crippen LogP contribution is 2.32. The molecule has 7 nitrogen and oxygen atoms in total. The first kappa shape index (κ1) is 15.4. The molecule has 0 radical (unpaired) electrons.